The van der Waals surface area contributed by atoms with E-state index in [4.69, 9.17) is 5.11 Å². The van der Waals surface area contributed by atoms with Gasteiger partial charge >= 0.3 is 5.97 Å². The van der Waals surface area contributed by atoms with Crippen LogP contribution in [0, 0.1) is 5.92 Å². The van der Waals surface area contributed by atoms with Gasteiger partial charge < -0.3 is 5.11 Å². The number of hydrogen-bond acceptors (Lipinski definition) is 2. The Morgan fingerprint density at radius 2 is 2.46 bits per heavy atom. The molecule has 0 aromatic carbocycles. The molecule has 1 aliphatic carbocycles. The molecule has 68 valence electrons. The molecular formula is C9H8BrNO2. The third-order valence-corrected chi connectivity index (χ3v) is 2.96. The molecule has 2 rings (SSSR count). The molecule has 1 fully saturated rings. The van der Waals surface area contributed by atoms with Gasteiger partial charge in [-0.25, -0.2) is 4.98 Å². The molecule has 1 aliphatic rings. The summed E-state index contributed by atoms with van der Waals surface area (Å²) in [4.78, 5) is 14.7. The number of hydrogen-bond donors (Lipinski definition) is 1. The number of carbonyl (C=O) groups is 1. The largest absolute Gasteiger partial charge is 0.481 e. The highest BCUT2D eigenvalue weighted by atomic mass is 79.9. The first-order valence-electron chi connectivity index (χ1n) is 4.03. The molecule has 13 heavy (non-hydrogen) atoms. The van der Waals surface area contributed by atoms with Crippen LogP contribution in [0.15, 0.2) is 22.9 Å². The fraction of sp³-hybridized carbons (Fsp3) is 0.333. The molecule has 4 heteroatoms. The Bertz CT molecular complexity index is 353. The van der Waals surface area contributed by atoms with Gasteiger partial charge in [0.1, 0.15) is 4.60 Å². The van der Waals surface area contributed by atoms with Crippen LogP contribution < -0.4 is 0 Å². The van der Waals surface area contributed by atoms with E-state index in [2.05, 4.69) is 20.9 Å². The molecule has 1 aromatic rings. The average Bonchev–Trinajstić information content (AvgIpc) is 2.84. The second kappa shape index (κ2) is 3.10. The van der Waals surface area contributed by atoms with Crippen LogP contribution in [-0.4, -0.2) is 16.1 Å². The molecular weight excluding hydrogens is 234 g/mol. The highest BCUT2D eigenvalue weighted by Crippen LogP contribution is 2.49. The van der Waals surface area contributed by atoms with Crippen LogP contribution in [0.1, 0.15) is 17.9 Å². The topological polar surface area (TPSA) is 50.2 Å². The second-order valence-corrected chi connectivity index (χ2v) is 3.92. The Morgan fingerprint density at radius 1 is 1.69 bits per heavy atom. The lowest BCUT2D eigenvalue weighted by Gasteiger charge is -1.99. The summed E-state index contributed by atoms with van der Waals surface area (Å²) in [6.07, 6.45) is 2.42. The first kappa shape index (κ1) is 8.69. The quantitative estimate of drug-likeness (QED) is 0.807. The fourth-order valence-electron chi connectivity index (χ4n) is 1.49. The van der Waals surface area contributed by atoms with Crippen LogP contribution in [0.3, 0.4) is 0 Å². The maximum Gasteiger partial charge on any atom is 0.307 e. The van der Waals surface area contributed by atoms with Gasteiger partial charge in [0.05, 0.1) is 5.92 Å². The molecule has 2 atom stereocenters. The summed E-state index contributed by atoms with van der Waals surface area (Å²) in [6, 6.07) is 3.75. The summed E-state index contributed by atoms with van der Waals surface area (Å²) >= 11 is 3.31. The van der Waals surface area contributed by atoms with Crippen molar-refractivity contribution in [3.05, 3.63) is 28.5 Å². The van der Waals surface area contributed by atoms with Crippen LogP contribution in [0.5, 0.6) is 0 Å². The van der Waals surface area contributed by atoms with Crippen molar-refractivity contribution in [1.82, 2.24) is 4.98 Å². The standard InChI is InChI=1S/C9H8BrNO2/c10-8-5(2-1-3-11-8)6-4-7(6)9(12)13/h1-3,6-7H,4H2,(H,12,13)/t6-,7+/m0/s1. The number of pyridine rings is 1. The molecule has 1 N–H and O–H groups in total. The first-order valence-corrected chi connectivity index (χ1v) is 4.82. The lowest BCUT2D eigenvalue weighted by atomic mass is 10.1. The van der Waals surface area contributed by atoms with Gasteiger partial charge in [0.25, 0.3) is 0 Å². The van der Waals surface area contributed by atoms with Gasteiger partial charge in [-0.05, 0) is 34.0 Å². The van der Waals surface area contributed by atoms with E-state index in [0.717, 1.165) is 16.6 Å². The Balaban J connectivity index is 2.21. The molecule has 1 heterocycles. The number of carboxylic acid groups (broad SMARTS) is 1. The minimum atomic E-state index is -0.708. The van der Waals surface area contributed by atoms with E-state index in [9.17, 15) is 4.79 Å². The van der Waals surface area contributed by atoms with Crippen LogP contribution in [-0.2, 0) is 4.79 Å². The number of carboxylic acids is 1. The van der Waals surface area contributed by atoms with E-state index in [-0.39, 0.29) is 11.8 Å². The Kier molecular flexibility index (Phi) is 2.07. The molecule has 0 spiro atoms. The minimum absolute atomic E-state index is 0.153. The molecule has 1 saturated carbocycles. The van der Waals surface area contributed by atoms with Gasteiger partial charge in [-0.2, -0.15) is 0 Å². The molecule has 0 aliphatic heterocycles. The van der Waals surface area contributed by atoms with Crippen molar-refractivity contribution in [3.8, 4) is 0 Å². The summed E-state index contributed by atoms with van der Waals surface area (Å²) in [5.74, 6) is -0.762. The summed E-state index contributed by atoms with van der Waals surface area (Å²) < 4.78 is 0.767. The molecule has 0 unspecified atom stereocenters. The predicted octanol–water partition coefficient (Wildman–Crippen LogP) is 2.03. The molecule has 3 nitrogen and oxygen atoms in total. The van der Waals surface area contributed by atoms with Crippen LogP contribution in [0.2, 0.25) is 0 Å². The maximum absolute atomic E-state index is 10.6. The lowest BCUT2D eigenvalue weighted by Crippen LogP contribution is -1.99. The highest BCUT2D eigenvalue weighted by molar-refractivity contribution is 9.10. The average molecular weight is 242 g/mol. The number of nitrogens with zero attached hydrogens (tertiary/aromatic N) is 1. The van der Waals surface area contributed by atoms with E-state index in [0.29, 0.717) is 0 Å². The number of aliphatic carboxylic acids is 1. The van der Waals surface area contributed by atoms with Gasteiger partial charge in [0.2, 0.25) is 0 Å². The van der Waals surface area contributed by atoms with Crippen molar-refractivity contribution in [3.63, 3.8) is 0 Å². The van der Waals surface area contributed by atoms with Gasteiger partial charge in [0, 0.05) is 12.1 Å². The third kappa shape index (κ3) is 1.58. The van der Waals surface area contributed by atoms with Gasteiger partial charge in [-0.15, -0.1) is 0 Å². The minimum Gasteiger partial charge on any atom is -0.481 e. The van der Waals surface area contributed by atoms with Crippen LogP contribution in [0.4, 0.5) is 0 Å². The monoisotopic (exact) mass is 241 g/mol. The zero-order valence-corrected chi connectivity index (χ0v) is 8.36. The van der Waals surface area contributed by atoms with Crippen molar-refractivity contribution in [1.29, 1.82) is 0 Å². The summed E-state index contributed by atoms with van der Waals surface area (Å²) in [6.45, 7) is 0. The highest BCUT2D eigenvalue weighted by Gasteiger charge is 2.45. The summed E-state index contributed by atoms with van der Waals surface area (Å²) in [5.41, 5.74) is 1.01. The Morgan fingerprint density at radius 3 is 3.00 bits per heavy atom. The SMILES string of the molecule is O=C(O)[C@@H]1C[C@H]1c1cccnc1Br. The molecule has 1 aromatic heterocycles. The Labute approximate surface area is 83.9 Å². The van der Waals surface area contributed by atoms with Gasteiger partial charge in [-0.1, -0.05) is 6.07 Å². The van der Waals surface area contributed by atoms with Gasteiger partial charge in [0.15, 0.2) is 0 Å². The van der Waals surface area contributed by atoms with Crippen LogP contribution >= 0.6 is 15.9 Å². The van der Waals surface area contributed by atoms with E-state index in [1.165, 1.54) is 0 Å². The zero-order valence-electron chi connectivity index (χ0n) is 6.77. The van der Waals surface area contributed by atoms with Crippen molar-refractivity contribution in [2.75, 3.05) is 0 Å². The molecule has 0 bridgehead atoms. The van der Waals surface area contributed by atoms with Crippen LogP contribution in [0.25, 0.3) is 0 Å². The number of aromatic nitrogens is 1. The zero-order chi connectivity index (χ0) is 9.42. The van der Waals surface area contributed by atoms with Gasteiger partial charge in [-0.3, -0.25) is 4.79 Å². The van der Waals surface area contributed by atoms with Crippen molar-refractivity contribution in [2.24, 2.45) is 5.92 Å². The van der Waals surface area contributed by atoms with Crippen molar-refractivity contribution < 1.29 is 9.90 Å². The summed E-state index contributed by atoms with van der Waals surface area (Å²) in [5, 5.41) is 8.74. The summed E-state index contributed by atoms with van der Waals surface area (Å²) in [7, 11) is 0. The number of rotatable bonds is 2. The Hall–Kier alpha value is -0.900. The first-order chi connectivity index (χ1) is 6.20. The van der Waals surface area contributed by atoms with E-state index in [1.807, 2.05) is 12.1 Å². The molecule has 0 amide bonds. The third-order valence-electron chi connectivity index (χ3n) is 2.30. The van der Waals surface area contributed by atoms with E-state index in [1.54, 1.807) is 6.20 Å². The maximum atomic E-state index is 10.6. The smallest absolute Gasteiger partial charge is 0.307 e. The van der Waals surface area contributed by atoms with Crippen molar-refractivity contribution in [2.45, 2.75) is 12.3 Å². The number of halogens is 1. The second-order valence-electron chi connectivity index (χ2n) is 3.17. The van der Waals surface area contributed by atoms with Crippen molar-refractivity contribution >= 4 is 21.9 Å². The molecule has 0 saturated heterocycles. The van der Waals surface area contributed by atoms with E-state index < -0.39 is 5.97 Å². The fourth-order valence-corrected chi connectivity index (χ4v) is 2.03. The lowest BCUT2D eigenvalue weighted by molar-refractivity contribution is -0.138. The molecule has 0 radical (unpaired) electrons. The normalized spacial score (nSPS) is 25.6. The predicted molar refractivity (Wildman–Crippen MR) is 50.4 cm³/mol. The van der Waals surface area contributed by atoms with E-state index >= 15 is 0 Å².